The van der Waals surface area contributed by atoms with Gasteiger partial charge in [-0.3, -0.25) is 0 Å². The highest BCUT2D eigenvalue weighted by atomic mass is 19.4. The van der Waals surface area contributed by atoms with Gasteiger partial charge in [0.15, 0.2) is 0 Å². The van der Waals surface area contributed by atoms with Gasteiger partial charge in [-0.25, -0.2) is 4.39 Å². The van der Waals surface area contributed by atoms with Crippen LogP contribution in [0.2, 0.25) is 0 Å². The molecule has 0 aliphatic heterocycles. The lowest BCUT2D eigenvalue weighted by atomic mass is 10.2. The van der Waals surface area contributed by atoms with E-state index in [-0.39, 0.29) is 5.69 Å². The van der Waals surface area contributed by atoms with Crippen molar-refractivity contribution in [2.75, 3.05) is 12.4 Å². The second kappa shape index (κ2) is 7.37. The predicted octanol–water partition coefficient (Wildman–Crippen LogP) is 3.75. The maximum atomic E-state index is 12.7. The zero-order chi connectivity index (χ0) is 14.2. The third-order valence-electron chi connectivity index (χ3n) is 1.74. The summed E-state index contributed by atoms with van der Waals surface area (Å²) in [7, 11) is 1.81. The molecular weight excluding hydrogens is 248 g/mol. The first-order valence-electron chi connectivity index (χ1n) is 4.89. The average Bonchev–Trinajstić information content (AvgIpc) is 2.31. The summed E-state index contributed by atoms with van der Waals surface area (Å²) in [6.45, 7) is 6.65. The number of anilines is 1. The van der Waals surface area contributed by atoms with Gasteiger partial charge in [-0.05, 0) is 30.6 Å². The number of halogens is 4. The van der Waals surface area contributed by atoms with Crippen LogP contribution in [0.1, 0.15) is 5.56 Å². The molecule has 6 heteroatoms. The number of benzene rings is 1. The fourth-order valence-corrected chi connectivity index (χ4v) is 0.950. The van der Waals surface area contributed by atoms with Gasteiger partial charge in [0.1, 0.15) is 5.82 Å². The first-order valence-corrected chi connectivity index (χ1v) is 4.89. The van der Waals surface area contributed by atoms with E-state index in [0.717, 1.165) is 6.07 Å². The van der Waals surface area contributed by atoms with Crippen molar-refractivity contribution < 1.29 is 17.6 Å². The Kier molecular flexibility index (Phi) is 6.56. The van der Waals surface area contributed by atoms with Gasteiger partial charge >= 0.3 is 6.18 Å². The largest absolute Gasteiger partial charge is 0.419 e. The SMILES string of the molecule is C=CNC.C=CNc1ccc(F)c(C(F)(F)F)c1. The minimum atomic E-state index is -4.68. The van der Waals surface area contributed by atoms with Gasteiger partial charge in [0.2, 0.25) is 0 Å². The molecule has 100 valence electrons. The molecule has 1 rings (SSSR count). The van der Waals surface area contributed by atoms with Gasteiger partial charge in [-0.2, -0.15) is 13.2 Å². The number of alkyl halides is 3. The molecule has 2 nitrogen and oxygen atoms in total. The fourth-order valence-electron chi connectivity index (χ4n) is 0.950. The fraction of sp³-hybridized carbons (Fsp3) is 0.167. The first kappa shape index (κ1) is 16.0. The molecule has 0 fully saturated rings. The molecule has 18 heavy (non-hydrogen) atoms. The molecule has 0 radical (unpaired) electrons. The standard InChI is InChI=1S/C9H7F4N.C3H7N/c1-2-14-6-3-4-8(10)7(5-6)9(11,12)13;1-3-4-2/h2-5,14H,1H2;3-4H,1H2,2H3. The molecule has 0 aromatic heterocycles. The van der Waals surface area contributed by atoms with Gasteiger partial charge in [0, 0.05) is 12.7 Å². The molecule has 1 aromatic carbocycles. The van der Waals surface area contributed by atoms with E-state index in [4.69, 9.17) is 0 Å². The Morgan fingerprint density at radius 3 is 2.11 bits per heavy atom. The van der Waals surface area contributed by atoms with Crippen LogP contribution in [0.15, 0.2) is 43.8 Å². The van der Waals surface area contributed by atoms with Crippen molar-refractivity contribution in [3.8, 4) is 0 Å². The number of nitrogens with one attached hydrogen (secondary N) is 2. The highest BCUT2D eigenvalue weighted by Crippen LogP contribution is 2.32. The van der Waals surface area contributed by atoms with E-state index in [1.807, 2.05) is 7.05 Å². The lowest BCUT2D eigenvalue weighted by Gasteiger charge is -2.09. The Labute approximate surface area is 103 Å². The maximum absolute atomic E-state index is 12.7. The zero-order valence-corrected chi connectivity index (χ0v) is 9.81. The van der Waals surface area contributed by atoms with Gasteiger partial charge < -0.3 is 10.6 Å². The van der Waals surface area contributed by atoms with Crippen molar-refractivity contribution in [3.63, 3.8) is 0 Å². The summed E-state index contributed by atoms with van der Waals surface area (Å²) < 4.78 is 49.3. The molecule has 0 spiro atoms. The number of rotatable bonds is 3. The number of hydrogen-bond acceptors (Lipinski definition) is 2. The normalized spacial score (nSPS) is 9.83. The Balaban J connectivity index is 0.000000631. The highest BCUT2D eigenvalue weighted by Gasteiger charge is 2.34. The highest BCUT2D eigenvalue weighted by molar-refractivity contribution is 5.48. The van der Waals surface area contributed by atoms with Crippen LogP contribution in [0.4, 0.5) is 23.2 Å². The average molecular weight is 262 g/mol. The summed E-state index contributed by atoms with van der Waals surface area (Å²) in [5, 5.41) is 5.14. The van der Waals surface area contributed by atoms with Crippen LogP contribution in [0.3, 0.4) is 0 Å². The van der Waals surface area contributed by atoms with Crippen molar-refractivity contribution in [3.05, 3.63) is 55.1 Å². The number of hydrogen-bond donors (Lipinski definition) is 2. The summed E-state index contributed by atoms with van der Waals surface area (Å²) in [5.74, 6) is -1.29. The predicted molar refractivity (Wildman–Crippen MR) is 64.5 cm³/mol. The molecular formula is C12H14F4N2. The van der Waals surface area contributed by atoms with Crippen molar-refractivity contribution >= 4 is 5.69 Å². The maximum Gasteiger partial charge on any atom is 0.419 e. The van der Waals surface area contributed by atoms with E-state index in [1.165, 1.54) is 12.3 Å². The van der Waals surface area contributed by atoms with Gasteiger partial charge in [0.25, 0.3) is 0 Å². The minimum Gasteiger partial charge on any atom is -0.394 e. The van der Waals surface area contributed by atoms with E-state index in [9.17, 15) is 17.6 Å². The Morgan fingerprint density at radius 1 is 1.17 bits per heavy atom. The third-order valence-corrected chi connectivity index (χ3v) is 1.74. The van der Waals surface area contributed by atoms with Gasteiger partial charge in [0.05, 0.1) is 5.56 Å². The molecule has 1 aromatic rings. The second-order valence-electron chi connectivity index (χ2n) is 3.03. The van der Waals surface area contributed by atoms with Crippen LogP contribution in [0, 0.1) is 5.82 Å². The molecule has 0 saturated carbocycles. The van der Waals surface area contributed by atoms with Crippen LogP contribution in [-0.2, 0) is 6.18 Å². The Morgan fingerprint density at radius 2 is 1.72 bits per heavy atom. The first-order chi connectivity index (χ1) is 8.36. The summed E-state index contributed by atoms with van der Waals surface area (Å²) >= 11 is 0. The topological polar surface area (TPSA) is 24.1 Å². The summed E-state index contributed by atoms with van der Waals surface area (Å²) in [6.07, 6.45) is -1.84. The van der Waals surface area contributed by atoms with Crippen LogP contribution < -0.4 is 10.6 Å². The molecule has 0 unspecified atom stereocenters. The molecule has 2 N–H and O–H groups in total. The van der Waals surface area contributed by atoms with E-state index < -0.39 is 17.6 Å². The van der Waals surface area contributed by atoms with E-state index >= 15 is 0 Å². The lowest BCUT2D eigenvalue weighted by Crippen LogP contribution is -2.08. The van der Waals surface area contributed by atoms with Gasteiger partial charge in [-0.15, -0.1) is 0 Å². The zero-order valence-electron chi connectivity index (χ0n) is 9.81. The molecule has 0 aliphatic rings. The minimum absolute atomic E-state index is 0.147. The molecule has 0 saturated heterocycles. The van der Waals surface area contributed by atoms with Crippen LogP contribution in [-0.4, -0.2) is 7.05 Å². The Bertz CT molecular complexity index is 400. The van der Waals surface area contributed by atoms with Crippen molar-refractivity contribution in [1.82, 2.24) is 5.32 Å². The smallest absolute Gasteiger partial charge is 0.394 e. The molecule has 0 atom stereocenters. The van der Waals surface area contributed by atoms with E-state index in [1.54, 1.807) is 6.20 Å². The van der Waals surface area contributed by atoms with Crippen molar-refractivity contribution in [2.24, 2.45) is 0 Å². The van der Waals surface area contributed by atoms with Crippen molar-refractivity contribution in [1.29, 1.82) is 0 Å². The quantitative estimate of drug-likeness (QED) is 0.811. The molecule has 0 bridgehead atoms. The van der Waals surface area contributed by atoms with Gasteiger partial charge in [-0.1, -0.05) is 13.2 Å². The van der Waals surface area contributed by atoms with Crippen LogP contribution >= 0.6 is 0 Å². The third kappa shape index (κ3) is 5.38. The molecule has 0 amide bonds. The summed E-state index contributed by atoms with van der Waals surface area (Å²) in [4.78, 5) is 0. The Hall–Kier alpha value is -1.98. The van der Waals surface area contributed by atoms with E-state index in [0.29, 0.717) is 6.07 Å². The summed E-state index contributed by atoms with van der Waals surface area (Å²) in [6, 6.07) is 2.65. The lowest BCUT2D eigenvalue weighted by molar-refractivity contribution is -0.139. The molecule has 0 aliphatic carbocycles. The molecule has 0 heterocycles. The van der Waals surface area contributed by atoms with Crippen LogP contribution in [0.25, 0.3) is 0 Å². The monoisotopic (exact) mass is 262 g/mol. The van der Waals surface area contributed by atoms with E-state index in [2.05, 4.69) is 23.8 Å². The summed E-state index contributed by atoms with van der Waals surface area (Å²) in [5.41, 5.74) is -1.14. The van der Waals surface area contributed by atoms with Crippen molar-refractivity contribution in [2.45, 2.75) is 6.18 Å². The van der Waals surface area contributed by atoms with Crippen LogP contribution in [0.5, 0.6) is 0 Å². The second-order valence-corrected chi connectivity index (χ2v) is 3.03.